The number of para-hydroxylation sites is 1. The topological polar surface area (TPSA) is 99.6 Å². The zero-order chi connectivity index (χ0) is 23.8. The Morgan fingerprint density at radius 3 is 2.74 bits per heavy atom. The SMILES string of the molecule is CC(C)n1nc(COc2ccccc2CC(=O)O)c2cc(-c3ccc4c(c3)[C@H](N)CO4)ccc21. The molecule has 7 nitrogen and oxygen atoms in total. The van der Waals surface area contributed by atoms with Gasteiger partial charge in [-0.15, -0.1) is 0 Å². The number of carboxylic acid groups (broad SMARTS) is 1. The number of benzene rings is 3. The fourth-order valence-corrected chi connectivity index (χ4v) is 4.40. The zero-order valence-electron chi connectivity index (χ0n) is 19.2. The van der Waals surface area contributed by atoms with Gasteiger partial charge >= 0.3 is 5.97 Å². The van der Waals surface area contributed by atoms with Crippen LogP contribution in [0.2, 0.25) is 0 Å². The molecule has 0 bridgehead atoms. The minimum Gasteiger partial charge on any atom is -0.491 e. The van der Waals surface area contributed by atoms with Gasteiger partial charge in [-0.1, -0.05) is 30.3 Å². The largest absolute Gasteiger partial charge is 0.491 e. The second-order valence-corrected chi connectivity index (χ2v) is 8.85. The van der Waals surface area contributed by atoms with Crippen LogP contribution in [-0.4, -0.2) is 27.5 Å². The molecule has 1 atom stereocenters. The van der Waals surface area contributed by atoms with E-state index in [2.05, 4.69) is 38.1 Å². The second kappa shape index (κ2) is 8.83. The quantitative estimate of drug-likeness (QED) is 0.410. The van der Waals surface area contributed by atoms with Crippen molar-refractivity contribution in [1.82, 2.24) is 9.78 Å². The normalized spacial score (nSPS) is 14.9. The van der Waals surface area contributed by atoms with E-state index in [0.29, 0.717) is 17.9 Å². The Hall–Kier alpha value is -3.84. The van der Waals surface area contributed by atoms with Crippen LogP contribution in [0.15, 0.2) is 60.7 Å². The Bertz CT molecular complexity index is 1380. The summed E-state index contributed by atoms with van der Waals surface area (Å²) in [5, 5.41) is 15.0. The van der Waals surface area contributed by atoms with Crippen molar-refractivity contribution in [2.75, 3.05) is 6.61 Å². The van der Waals surface area contributed by atoms with Crippen molar-refractivity contribution in [2.45, 2.75) is 39.0 Å². The number of rotatable bonds is 7. The predicted molar refractivity (Wildman–Crippen MR) is 130 cm³/mol. The van der Waals surface area contributed by atoms with E-state index < -0.39 is 5.97 Å². The number of fused-ring (bicyclic) bond motifs is 2. The summed E-state index contributed by atoms with van der Waals surface area (Å²) in [5.41, 5.74) is 11.8. The predicted octanol–water partition coefficient (Wildman–Crippen LogP) is 4.88. The molecule has 0 unspecified atom stereocenters. The number of ether oxygens (including phenoxy) is 2. The van der Waals surface area contributed by atoms with Gasteiger partial charge in [-0.2, -0.15) is 5.10 Å². The molecule has 0 amide bonds. The molecule has 4 aromatic rings. The summed E-state index contributed by atoms with van der Waals surface area (Å²) < 4.78 is 13.7. The first-order valence-electron chi connectivity index (χ1n) is 11.4. The van der Waals surface area contributed by atoms with E-state index in [1.807, 2.05) is 28.9 Å². The molecule has 3 aromatic carbocycles. The molecule has 0 radical (unpaired) electrons. The zero-order valence-corrected chi connectivity index (χ0v) is 19.2. The van der Waals surface area contributed by atoms with Crippen LogP contribution in [0.3, 0.4) is 0 Å². The van der Waals surface area contributed by atoms with Gasteiger partial charge in [-0.25, -0.2) is 0 Å². The smallest absolute Gasteiger partial charge is 0.307 e. The lowest BCUT2D eigenvalue weighted by atomic mass is 9.99. The fourth-order valence-electron chi connectivity index (χ4n) is 4.40. The average molecular weight is 458 g/mol. The Morgan fingerprint density at radius 1 is 1.18 bits per heavy atom. The molecule has 5 rings (SSSR count). The van der Waals surface area contributed by atoms with Crippen molar-refractivity contribution in [3.63, 3.8) is 0 Å². The monoisotopic (exact) mass is 457 g/mol. The number of hydrogen-bond acceptors (Lipinski definition) is 5. The van der Waals surface area contributed by atoms with E-state index >= 15 is 0 Å². The number of nitrogens with two attached hydrogens (primary N) is 1. The van der Waals surface area contributed by atoms with E-state index in [4.69, 9.17) is 20.3 Å². The summed E-state index contributed by atoms with van der Waals surface area (Å²) in [5.74, 6) is 0.509. The van der Waals surface area contributed by atoms with E-state index in [9.17, 15) is 9.90 Å². The maximum atomic E-state index is 11.2. The molecule has 34 heavy (non-hydrogen) atoms. The van der Waals surface area contributed by atoms with Gasteiger partial charge in [0, 0.05) is 22.6 Å². The van der Waals surface area contributed by atoms with Crippen LogP contribution in [0.1, 0.15) is 42.8 Å². The summed E-state index contributed by atoms with van der Waals surface area (Å²) in [4.78, 5) is 11.2. The van der Waals surface area contributed by atoms with Gasteiger partial charge in [-0.3, -0.25) is 9.48 Å². The molecule has 0 saturated heterocycles. The van der Waals surface area contributed by atoms with Crippen LogP contribution in [-0.2, 0) is 17.8 Å². The van der Waals surface area contributed by atoms with Crippen molar-refractivity contribution in [3.05, 3.63) is 77.5 Å². The molecule has 0 saturated carbocycles. The Kier molecular flexibility index (Phi) is 5.71. The van der Waals surface area contributed by atoms with Crippen LogP contribution in [0.25, 0.3) is 22.0 Å². The standard InChI is InChI=1S/C27H27N3O4/c1-16(2)30-24-9-7-17(18-8-10-26-20(11-18)22(28)14-33-26)12-21(24)23(29-30)15-34-25-6-4-3-5-19(25)13-27(31)32/h3-12,16,22H,13-15,28H2,1-2H3,(H,31,32)/t22-/m1/s1. The molecule has 1 aliphatic heterocycles. The van der Waals surface area contributed by atoms with Crippen molar-refractivity contribution in [2.24, 2.45) is 5.73 Å². The van der Waals surface area contributed by atoms with Crippen molar-refractivity contribution in [3.8, 4) is 22.6 Å². The highest BCUT2D eigenvalue weighted by atomic mass is 16.5. The van der Waals surface area contributed by atoms with Crippen LogP contribution in [0, 0.1) is 0 Å². The molecular weight excluding hydrogens is 430 g/mol. The second-order valence-electron chi connectivity index (χ2n) is 8.85. The van der Waals surface area contributed by atoms with Crippen LogP contribution in [0.5, 0.6) is 11.5 Å². The van der Waals surface area contributed by atoms with Crippen molar-refractivity contribution < 1.29 is 19.4 Å². The highest BCUT2D eigenvalue weighted by Crippen LogP contribution is 2.36. The average Bonchev–Trinajstić information content (AvgIpc) is 3.38. The van der Waals surface area contributed by atoms with Gasteiger partial charge in [0.05, 0.1) is 18.0 Å². The Morgan fingerprint density at radius 2 is 1.94 bits per heavy atom. The highest BCUT2D eigenvalue weighted by Gasteiger charge is 2.21. The number of hydrogen-bond donors (Lipinski definition) is 2. The molecule has 2 heterocycles. The van der Waals surface area contributed by atoms with Crippen molar-refractivity contribution in [1.29, 1.82) is 0 Å². The first kappa shape index (κ1) is 22.0. The minimum absolute atomic E-state index is 0.0916. The van der Waals surface area contributed by atoms with E-state index in [0.717, 1.165) is 39.0 Å². The summed E-state index contributed by atoms with van der Waals surface area (Å²) in [6, 6.07) is 19.7. The van der Waals surface area contributed by atoms with E-state index in [-0.39, 0.29) is 25.1 Å². The Balaban J connectivity index is 1.51. The Labute approximate surface area is 197 Å². The van der Waals surface area contributed by atoms with E-state index in [1.165, 1.54) is 0 Å². The van der Waals surface area contributed by atoms with Gasteiger partial charge in [0.15, 0.2) is 0 Å². The highest BCUT2D eigenvalue weighted by molar-refractivity contribution is 5.87. The molecule has 174 valence electrons. The summed E-state index contributed by atoms with van der Waals surface area (Å²) >= 11 is 0. The maximum absolute atomic E-state index is 11.2. The first-order chi connectivity index (χ1) is 16.4. The molecule has 0 aliphatic carbocycles. The molecule has 0 fully saturated rings. The number of aliphatic carboxylic acids is 1. The molecule has 1 aliphatic rings. The van der Waals surface area contributed by atoms with Gasteiger partial charge in [-0.05, 0) is 55.3 Å². The molecular formula is C27H27N3O4. The van der Waals surface area contributed by atoms with Gasteiger partial charge in [0.1, 0.15) is 30.4 Å². The lowest BCUT2D eigenvalue weighted by Crippen LogP contribution is -2.10. The van der Waals surface area contributed by atoms with Gasteiger partial charge in [0.2, 0.25) is 0 Å². The minimum atomic E-state index is -0.894. The van der Waals surface area contributed by atoms with Crippen LogP contribution in [0.4, 0.5) is 0 Å². The van der Waals surface area contributed by atoms with Crippen LogP contribution < -0.4 is 15.2 Å². The maximum Gasteiger partial charge on any atom is 0.307 e. The fraction of sp³-hybridized carbons (Fsp3) is 0.259. The number of nitrogens with zero attached hydrogens (tertiary/aromatic N) is 2. The molecule has 0 spiro atoms. The van der Waals surface area contributed by atoms with Gasteiger partial charge in [0.25, 0.3) is 0 Å². The molecule has 7 heteroatoms. The first-order valence-corrected chi connectivity index (χ1v) is 11.4. The van der Waals surface area contributed by atoms with Gasteiger partial charge < -0.3 is 20.3 Å². The summed E-state index contributed by atoms with van der Waals surface area (Å²) in [6.45, 7) is 4.92. The molecule has 3 N–H and O–H groups in total. The lowest BCUT2D eigenvalue weighted by Gasteiger charge is -2.10. The number of aromatic nitrogens is 2. The van der Waals surface area contributed by atoms with E-state index in [1.54, 1.807) is 12.1 Å². The summed E-state index contributed by atoms with van der Waals surface area (Å²) in [7, 11) is 0. The molecule has 1 aromatic heterocycles. The lowest BCUT2D eigenvalue weighted by molar-refractivity contribution is -0.136. The summed E-state index contributed by atoms with van der Waals surface area (Å²) in [6.07, 6.45) is -0.0916. The number of carbonyl (C=O) groups is 1. The van der Waals surface area contributed by atoms with Crippen molar-refractivity contribution >= 4 is 16.9 Å². The number of carboxylic acids is 1. The third-order valence-electron chi connectivity index (χ3n) is 6.11. The third kappa shape index (κ3) is 4.10. The third-order valence-corrected chi connectivity index (χ3v) is 6.11. The van der Waals surface area contributed by atoms with Crippen LogP contribution >= 0.6 is 0 Å².